The van der Waals surface area contributed by atoms with Gasteiger partial charge in [0.05, 0.1) is 130 Å². The second-order valence-electron chi connectivity index (χ2n) is 9.62. The Bertz CT molecular complexity index is 1070. The minimum atomic E-state index is -0.934. The average molecular weight is 703 g/mol. The molecule has 0 unspecified atom stereocenters. The standard InChI is InChI=1S/C31H46N2O16/c34-29-5-6-30(35)32(29)7-8-39-9-10-40-11-12-41-13-14-42-15-16-43-17-18-44-19-20-45-21-22-46-23-24-47-25-26-48-31(36)49-28-3-1-27(2-4-28)33(37)38/h1-6H,7-26H2. The van der Waals surface area contributed by atoms with E-state index in [0.717, 1.165) is 4.90 Å². The van der Waals surface area contributed by atoms with Crippen molar-refractivity contribution >= 4 is 23.7 Å². The van der Waals surface area contributed by atoms with Crippen molar-refractivity contribution in [1.29, 1.82) is 0 Å². The summed E-state index contributed by atoms with van der Waals surface area (Å²) in [5.74, 6) is -0.501. The number of non-ortho nitro benzene ring substituents is 1. The Balaban J connectivity index is 1.18. The van der Waals surface area contributed by atoms with Crippen molar-refractivity contribution in [3.8, 4) is 5.75 Å². The van der Waals surface area contributed by atoms with Crippen LogP contribution in [0.5, 0.6) is 5.75 Å². The summed E-state index contributed by atoms with van der Waals surface area (Å²) in [6, 6.07) is 5.05. The molecule has 0 aliphatic carbocycles. The van der Waals surface area contributed by atoms with Gasteiger partial charge in [-0.2, -0.15) is 0 Å². The third-order valence-electron chi connectivity index (χ3n) is 6.03. The minimum absolute atomic E-state index is 0.0157. The SMILES string of the molecule is O=C(OCCOCCOCCOCCOCCOCCOCCOCCOCCOCCN1C(=O)C=CC1=O)Oc1ccc([N+](=O)[O-])cc1. The highest BCUT2D eigenvalue weighted by Gasteiger charge is 2.22. The fourth-order valence-electron chi connectivity index (χ4n) is 3.61. The maximum atomic E-state index is 11.6. The highest BCUT2D eigenvalue weighted by Crippen LogP contribution is 2.17. The first-order valence-electron chi connectivity index (χ1n) is 15.8. The quantitative estimate of drug-likeness (QED) is 0.0259. The average Bonchev–Trinajstić information content (AvgIpc) is 3.41. The number of carbonyl (C=O) groups is 3. The highest BCUT2D eigenvalue weighted by molar-refractivity contribution is 6.12. The fourth-order valence-corrected chi connectivity index (χ4v) is 3.61. The number of hydrogen-bond acceptors (Lipinski definition) is 16. The molecule has 2 rings (SSSR count). The van der Waals surface area contributed by atoms with E-state index in [0.29, 0.717) is 106 Å². The summed E-state index contributed by atoms with van der Waals surface area (Å²) >= 11 is 0. The molecule has 0 saturated heterocycles. The molecule has 1 aliphatic heterocycles. The highest BCUT2D eigenvalue weighted by atomic mass is 16.7. The predicted octanol–water partition coefficient (Wildman–Crippen LogP) is 1.18. The van der Waals surface area contributed by atoms with Gasteiger partial charge in [-0.3, -0.25) is 24.6 Å². The second-order valence-corrected chi connectivity index (χ2v) is 9.62. The van der Waals surface area contributed by atoms with Crippen LogP contribution in [0.4, 0.5) is 10.5 Å². The summed E-state index contributed by atoms with van der Waals surface area (Å²) in [7, 11) is 0. The first kappa shape index (κ1) is 41.6. The Labute approximate surface area is 284 Å². The number of rotatable bonds is 32. The van der Waals surface area contributed by atoms with Crippen LogP contribution in [0, 0.1) is 10.1 Å². The molecule has 49 heavy (non-hydrogen) atoms. The molecular formula is C31H46N2O16. The van der Waals surface area contributed by atoms with Crippen molar-refractivity contribution in [2.45, 2.75) is 0 Å². The molecule has 0 radical (unpaired) electrons. The lowest BCUT2D eigenvalue weighted by atomic mass is 10.3. The molecule has 276 valence electrons. The van der Waals surface area contributed by atoms with Crippen LogP contribution in [0.1, 0.15) is 0 Å². The van der Waals surface area contributed by atoms with E-state index in [9.17, 15) is 24.5 Å². The largest absolute Gasteiger partial charge is 0.513 e. The zero-order valence-electron chi connectivity index (χ0n) is 27.5. The van der Waals surface area contributed by atoms with Crippen molar-refractivity contribution in [1.82, 2.24) is 4.90 Å². The van der Waals surface area contributed by atoms with E-state index in [1.807, 2.05) is 0 Å². The first-order chi connectivity index (χ1) is 24.0. The number of benzene rings is 1. The van der Waals surface area contributed by atoms with Gasteiger partial charge in [-0.1, -0.05) is 0 Å². The summed E-state index contributed by atoms with van der Waals surface area (Å²) < 4.78 is 58.4. The van der Waals surface area contributed by atoms with Gasteiger partial charge in [0, 0.05) is 24.3 Å². The number of hydrogen-bond donors (Lipinski definition) is 0. The molecule has 18 heteroatoms. The molecule has 0 fully saturated rings. The van der Waals surface area contributed by atoms with Crippen LogP contribution in [-0.2, 0) is 57.0 Å². The van der Waals surface area contributed by atoms with Crippen LogP contribution in [0.25, 0.3) is 0 Å². The normalized spacial score (nSPS) is 12.6. The second kappa shape index (κ2) is 28.3. The van der Waals surface area contributed by atoms with E-state index in [-0.39, 0.29) is 49.6 Å². The van der Waals surface area contributed by atoms with Gasteiger partial charge in [-0.15, -0.1) is 0 Å². The van der Waals surface area contributed by atoms with Crippen LogP contribution < -0.4 is 4.74 Å². The zero-order chi connectivity index (χ0) is 35.2. The van der Waals surface area contributed by atoms with E-state index < -0.39 is 11.1 Å². The maximum absolute atomic E-state index is 11.6. The number of nitro benzene ring substituents is 1. The topological polar surface area (TPSA) is 199 Å². The number of amides is 2. The van der Waals surface area contributed by atoms with Crippen molar-refractivity contribution in [3.05, 3.63) is 46.5 Å². The smallest absolute Gasteiger partial charge is 0.432 e. The monoisotopic (exact) mass is 702 g/mol. The third kappa shape index (κ3) is 21.9. The summed E-state index contributed by atoms with van der Waals surface area (Å²) in [5.41, 5.74) is -0.111. The fraction of sp³-hybridized carbons (Fsp3) is 0.645. The van der Waals surface area contributed by atoms with Gasteiger partial charge in [-0.05, 0) is 12.1 Å². The van der Waals surface area contributed by atoms with E-state index in [1.165, 1.54) is 36.4 Å². The molecule has 1 heterocycles. The summed E-state index contributed by atoms with van der Waals surface area (Å²) in [6.07, 6.45) is 1.56. The van der Waals surface area contributed by atoms with Gasteiger partial charge in [0.15, 0.2) is 0 Å². The third-order valence-corrected chi connectivity index (χ3v) is 6.03. The Morgan fingerprint density at radius 2 is 0.857 bits per heavy atom. The number of ether oxygens (including phenoxy) is 11. The number of imide groups is 1. The van der Waals surface area contributed by atoms with E-state index in [1.54, 1.807) is 0 Å². The molecule has 1 aromatic rings. The minimum Gasteiger partial charge on any atom is -0.432 e. The van der Waals surface area contributed by atoms with E-state index in [2.05, 4.69) is 0 Å². The lowest BCUT2D eigenvalue weighted by Crippen LogP contribution is -2.33. The number of nitrogens with zero attached hydrogens (tertiary/aromatic N) is 2. The summed E-state index contributed by atoms with van der Waals surface area (Å²) in [4.78, 5) is 45.6. The maximum Gasteiger partial charge on any atom is 0.513 e. The molecule has 0 saturated carbocycles. The Morgan fingerprint density at radius 3 is 1.20 bits per heavy atom. The molecular weight excluding hydrogens is 656 g/mol. The van der Waals surface area contributed by atoms with Crippen LogP contribution >= 0.6 is 0 Å². The lowest BCUT2D eigenvalue weighted by molar-refractivity contribution is -0.384. The summed E-state index contributed by atoms with van der Waals surface area (Å²) in [6.45, 7) is 7.26. The Hall–Kier alpha value is -3.59. The van der Waals surface area contributed by atoms with Gasteiger partial charge in [0.1, 0.15) is 12.4 Å². The van der Waals surface area contributed by atoms with Crippen molar-refractivity contribution in [2.24, 2.45) is 0 Å². The van der Waals surface area contributed by atoms with Crippen LogP contribution in [0.2, 0.25) is 0 Å². The zero-order valence-corrected chi connectivity index (χ0v) is 27.5. The molecule has 0 atom stereocenters. The van der Waals surface area contributed by atoms with Gasteiger partial charge in [0.2, 0.25) is 0 Å². The summed E-state index contributed by atoms with van der Waals surface area (Å²) in [5, 5.41) is 10.6. The van der Waals surface area contributed by atoms with Crippen LogP contribution in [0.3, 0.4) is 0 Å². The molecule has 1 aliphatic rings. The number of nitro groups is 1. The van der Waals surface area contributed by atoms with Gasteiger partial charge in [0.25, 0.3) is 17.5 Å². The van der Waals surface area contributed by atoms with Gasteiger partial charge >= 0.3 is 6.16 Å². The lowest BCUT2D eigenvalue weighted by Gasteiger charge is -2.13. The first-order valence-corrected chi connectivity index (χ1v) is 15.8. The van der Waals surface area contributed by atoms with Crippen LogP contribution in [-0.4, -0.2) is 160 Å². The Morgan fingerprint density at radius 1 is 0.531 bits per heavy atom. The molecule has 18 nitrogen and oxygen atoms in total. The van der Waals surface area contributed by atoms with E-state index in [4.69, 9.17) is 52.1 Å². The molecule has 0 bridgehead atoms. The van der Waals surface area contributed by atoms with Crippen LogP contribution in [0.15, 0.2) is 36.4 Å². The van der Waals surface area contributed by atoms with Gasteiger partial charge < -0.3 is 52.1 Å². The molecule has 1 aromatic carbocycles. The molecule has 0 aromatic heterocycles. The van der Waals surface area contributed by atoms with Crippen molar-refractivity contribution < 1.29 is 71.4 Å². The molecule has 2 amide bonds. The van der Waals surface area contributed by atoms with Gasteiger partial charge in [-0.25, -0.2) is 4.79 Å². The Kier molecular flexibility index (Phi) is 24.0. The van der Waals surface area contributed by atoms with E-state index >= 15 is 0 Å². The molecule has 0 spiro atoms. The van der Waals surface area contributed by atoms with Crippen molar-refractivity contribution in [2.75, 3.05) is 132 Å². The molecule has 0 N–H and O–H groups in total. The predicted molar refractivity (Wildman–Crippen MR) is 168 cm³/mol. The van der Waals surface area contributed by atoms with Crippen molar-refractivity contribution in [3.63, 3.8) is 0 Å². The number of carbonyl (C=O) groups excluding carboxylic acids is 3.